The van der Waals surface area contributed by atoms with Crippen LogP contribution in [0.25, 0.3) is 0 Å². The molecule has 0 spiro atoms. The van der Waals surface area contributed by atoms with Gasteiger partial charge in [0.1, 0.15) is 11.6 Å². The molecule has 3 N–H and O–H groups in total. The summed E-state index contributed by atoms with van der Waals surface area (Å²) >= 11 is 5.66. The van der Waals surface area contributed by atoms with Crippen molar-refractivity contribution in [2.75, 3.05) is 10.5 Å². The standard InChI is InChI=1S/C12H9ClF2N2O2S/c13-7-1-3-9(4-2-7)17-20(18,19)12-10(14)5-8(16)6-11(12)15/h1-6,17H,16H2. The number of nitrogens with two attached hydrogens (primary N) is 1. The first kappa shape index (κ1) is 14.5. The van der Waals surface area contributed by atoms with Crippen molar-refractivity contribution in [1.29, 1.82) is 0 Å². The Morgan fingerprint density at radius 2 is 1.55 bits per heavy atom. The number of halogens is 3. The van der Waals surface area contributed by atoms with E-state index >= 15 is 0 Å². The number of nitrogens with one attached hydrogen (secondary N) is 1. The molecule has 0 aliphatic carbocycles. The molecule has 106 valence electrons. The summed E-state index contributed by atoms with van der Waals surface area (Å²) in [5.74, 6) is -2.52. The number of anilines is 2. The van der Waals surface area contributed by atoms with Crippen LogP contribution < -0.4 is 10.5 Å². The molecule has 0 aliphatic rings. The van der Waals surface area contributed by atoms with E-state index in [2.05, 4.69) is 4.72 Å². The summed E-state index contributed by atoms with van der Waals surface area (Å²) in [7, 11) is -4.40. The largest absolute Gasteiger partial charge is 0.399 e. The van der Waals surface area contributed by atoms with E-state index in [4.69, 9.17) is 17.3 Å². The summed E-state index contributed by atoms with van der Waals surface area (Å²) in [5.41, 5.74) is 5.16. The molecule has 0 atom stereocenters. The van der Waals surface area contributed by atoms with Gasteiger partial charge in [-0.1, -0.05) is 11.6 Å². The zero-order valence-electron chi connectivity index (χ0n) is 9.90. The van der Waals surface area contributed by atoms with Gasteiger partial charge in [0.15, 0.2) is 4.90 Å². The number of hydrogen-bond acceptors (Lipinski definition) is 3. The molecule has 0 fully saturated rings. The van der Waals surface area contributed by atoms with Gasteiger partial charge in [-0.05, 0) is 36.4 Å². The highest BCUT2D eigenvalue weighted by molar-refractivity contribution is 7.92. The van der Waals surface area contributed by atoms with Crippen molar-refractivity contribution in [3.63, 3.8) is 0 Å². The van der Waals surface area contributed by atoms with Crippen molar-refractivity contribution in [1.82, 2.24) is 0 Å². The molecule has 0 aliphatic heterocycles. The molecule has 0 saturated heterocycles. The molecular formula is C12H9ClF2N2O2S. The van der Waals surface area contributed by atoms with E-state index in [0.717, 1.165) is 12.1 Å². The van der Waals surface area contributed by atoms with E-state index in [0.29, 0.717) is 5.02 Å². The second kappa shape index (κ2) is 5.26. The molecule has 4 nitrogen and oxygen atoms in total. The third kappa shape index (κ3) is 3.00. The van der Waals surface area contributed by atoms with Crippen LogP contribution in [-0.2, 0) is 10.0 Å². The van der Waals surface area contributed by atoms with E-state index in [1.165, 1.54) is 24.3 Å². The van der Waals surface area contributed by atoms with Gasteiger partial charge in [-0.25, -0.2) is 17.2 Å². The van der Waals surface area contributed by atoms with Gasteiger partial charge in [-0.3, -0.25) is 4.72 Å². The molecule has 2 aromatic rings. The molecule has 0 heterocycles. The molecule has 0 bridgehead atoms. The Hall–Kier alpha value is -1.86. The normalized spacial score (nSPS) is 11.3. The quantitative estimate of drug-likeness (QED) is 0.854. The highest BCUT2D eigenvalue weighted by atomic mass is 35.5. The maximum absolute atomic E-state index is 13.6. The van der Waals surface area contributed by atoms with Crippen LogP contribution in [0.15, 0.2) is 41.3 Å². The van der Waals surface area contributed by atoms with E-state index < -0.39 is 26.6 Å². The number of nitrogen functional groups attached to an aromatic ring is 1. The van der Waals surface area contributed by atoms with Crippen LogP contribution in [-0.4, -0.2) is 8.42 Å². The van der Waals surface area contributed by atoms with Crippen LogP contribution >= 0.6 is 11.6 Å². The first-order valence-corrected chi connectivity index (χ1v) is 7.18. The molecule has 0 radical (unpaired) electrons. The predicted octanol–water partition coefficient (Wildman–Crippen LogP) is 3.00. The number of benzene rings is 2. The summed E-state index contributed by atoms with van der Waals surface area (Å²) in [6.07, 6.45) is 0. The number of sulfonamides is 1. The molecule has 2 aromatic carbocycles. The maximum atomic E-state index is 13.6. The van der Waals surface area contributed by atoms with Crippen LogP contribution in [0.3, 0.4) is 0 Å². The molecule has 2 rings (SSSR count). The van der Waals surface area contributed by atoms with E-state index in [9.17, 15) is 17.2 Å². The molecule has 0 amide bonds. The molecule has 8 heteroatoms. The average molecular weight is 319 g/mol. The van der Waals surface area contributed by atoms with Gasteiger partial charge in [0.25, 0.3) is 10.0 Å². The average Bonchev–Trinajstić information content (AvgIpc) is 2.30. The smallest absolute Gasteiger partial charge is 0.267 e. The van der Waals surface area contributed by atoms with Gasteiger partial charge < -0.3 is 5.73 Å². The van der Waals surface area contributed by atoms with E-state index in [1.807, 2.05) is 0 Å². The van der Waals surface area contributed by atoms with Crippen LogP contribution in [0.5, 0.6) is 0 Å². The Morgan fingerprint density at radius 1 is 1.05 bits per heavy atom. The Bertz CT molecular complexity index is 726. The van der Waals surface area contributed by atoms with Crippen LogP contribution in [0.1, 0.15) is 0 Å². The summed E-state index contributed by atoms with van der Waals surface area (Å²) in [6, 6.07) is 7.09. The van der Waals surface area contributed by atoms with Gasteiger partial charge in [0.2, 0.25) is 0 Å². The highest BCUT2D eigenvalue weighted by Crippen LogP contribution is 2.24. The van der Waals surface area contributed by atoms with E-state index in [1.54, 1.807) is 0 Å². The monoisotopic (exact) mass is 318 g/mol. The minimum atomic E-state index is -4.40. The number of hydrogen-bond donors (Lipinski definition) is 2. The van der Waals surface area contributed by atoms with E-state index in [-0.39, 0.29) is 11.4 Å². The molecule has 20 heavy (non-hydrogen) atoms. The van der Waals surface area contributed by atoms with Gasteiger partial charge in [-0.15, -0.1) is 0 Å². The van der Waals surface area contributed by atoms with Gasteiger partial charge in [0, 0.05) is 16.4 Å². The summed E-state index contributed by atoms with van der Waals surface area (Å²) in [5, 5.41) is 0.401. The molecule has 0 saturated carbocycles. The fraction of sp³-hybridized carbons (Fsp3) is 0. The zero-order valence-corrected chi connectivity index (χ0v) is 11.5. The highest BCUT2D eigenvalue weighted by Gasteiger charge is 2.24. The topological polar surface area (TPSA) is 72.2 Å². The lowest BCUT2D eigenvalue weighted by molar-refractivity contribution is 0.522. The van der Waals surface area contributed by atoms with Crippen molar-refractivity contribution in [3.8, 4) is 0 Å². The fourth-order valence-corrected chi connectivity index (χ4v) is 2.87. The first-order chi connectivity index (χ1) is 9.29. The zero-order chi connectivity index (χ0) is 14.9. The maximum Gasteiger partial charge on any atom is 0.267 e. The Balaban J connectivity index is 2.43. The van der Waals surface area contributed by atoms with Crippen molar-refractivity contribution < 1.29 is 17.2 Å². The van der Waals surface area contributed by atoms with Crippen molar-refractivity contribution in [2.24, 2.45) is 0 Å². The van der Waals surface area contributed by atoms with Crippen LogP contribution in [0.4, 0.5) is 20.2 Å². The summed E-state index contributed by atoms with van der Waals surface area (Å²) < 4.78 is 53.2. The van der Waals surface area contributed by atoms with Gasteiger partial charge in [-0.2, -0.15) is 0 Å². The molecule has 0 aromatic heterocycles. The van der Waals surface area contributed by atoms with Crippen LogP contribution in [0.2, 0.25) is 5.02 Å². The Labute approximate surface area is 119 Å². The third-order valence-electron chi connectivity index (χ3n) is 2.39. The lowest BCUT2D eigenvalue weighted by Crippen LogP contribution is -2.16. The fourth-order valence-electron chi connectivity index (χ4n) is 1.56. The molecular weight excluding hydrogens is 310 g/mol. The lowest BCUT2D eigenvalue weighted by Gasteiger charge is -2.10. The SMILES string of the molecule is Nc1cc(F)c(S(=O)(=O)Nc2ccc(Cl)cc2)c(F)c1. The minimum Gasteiger partial charge on any atom is -0.399 e. The van der Waals surface area contributed by atoms with Crippen molar-refractivity contribution in [2.45, 2.75) is 4.90 Å². The Kier molecular flexibility index (Phi) is 3.82. The lowest BCUT2D eigenvalue weighted by atomic mass is 10.3. The third-order valence-corrected chi connectivity index (χ3v) is 4.07. The van der Waals surface area contributed by atoms with Crippen molar-refractivity contribution >= 4 is 33.0 Å². The molecule has 0 unspecified atom stereocenters. The predicted molar refractivity (Wildman–Crippen MR) is 73.0 cm³/mol. The summed E-state index contributed by atoms with van der Waals surface area (Å²) in [6.45, 7) is 0. The Morgan fingerprint density at radius 3 is 2.05 bits per heavy atom. The van der Waals surface area contributed by atoms with Gasteiger partial charge >= 0.3 is 0 Å². The van der Waals surface area contributed by atoms with Crippen molar-refractivity contribution in [3.05, 3.63) is 53.1 Å². The van der Waals surface area contributed by atoms with Gasteiger partial charge in [0.05, 0.1) is 0 Å². The minimum absolute atomic E-state index is 0.130. The van der Waals surface area contributed by atoms with Crippen LogP contribution in [0, 0.1) is 11.6 Å². The number of rotatable bonds is 3. The summed E-state index contributed by atoms with van der Waals surface area (Å²) in [4.78, 5) is -1.08. The first-order valence-electron chi connectivity index (χ1n) is 5.32. The second-order valence-corrected chi connectivity index (χ2v) is 5.98. The second-order valence-electron chi connectivity index (χ2n) is 3.93.